The third-order valence-corrected chi connectivity index (χ3v) is 10.4. The fourth-order valence-corrected chi connectivity index (χ4v) is 8.01. The lowest BCUT2D eigenvalue weighted by molar-refractivity contribution is -0.347. The van der Waals surface area contributed by atoms with Gasteiger partial charge in [0.25, 0.3) is 5.60 Å². The fraction of sp³-hybridized carbons (Fsp3) is 0.758. The Hall–Kier alpha value is -1.65. The second-order valence-electron chi connectivity index (χ2n) is 14.3. The van der Waals surface area contributed by atoms with E-state index in [1.54, 1.807) is 13.8 Å². The van der Waals surface area contributed by atoms with E-state index in [1.165, 1.54) is 5.57 Å². The van der Waals surface area contributed by atoms with E-state index in [4.69, 9.17) is 0 Å². The molecule has 246 valence electrons. The molecule has 3 N–H and O–H groups in total. The lowest BCUT2D eigenvalue weighted by Crippen LogP contribution is -2.55. The average molecular weight is 625 g/mol. The van der Waals surface area contributed by atoms with Crippen molar-refractivity contribution in [2.45, 2.75) is 134 Å². The van der Waals surface area contributed by atoms with Crippen LogP contribution in [0.15, 0.2) is 47.6 Å². The molecule has 6 atom stereocenters. The summed E-state index contributed by atoms with van der Waals surface area (Å²) < 4.78 is 94.4. The molecule has 43 heavy (non-hydrogen) atoms. The molecule has 3 aliphatic carbocycles. The summed E-state index contributed by atoms with van der Waals surface area (Å²) in [7, 11) is 0. The van der Waals surface area contributed by atoms with Crippen LogP contribution in [-0.2, 0) is 0 Å². The van der Waals surface area contributed by atoms with Gasteiger partial charge in [0.1, 0.15) is 6.17 Å². The van der Waals surface area contributed by atoms with Crippen molar-refractivity contribution >= 4 is 0 Å². The van der Waals surface area contributed by atoms with Crippen molar-refractivity contribution in [2.75, 3.05) is 0 Å². The molecular formula is C33H47F7O3. The van der Waals surface area contributed by atoms with Gasteiger partial charge in [-0.25, -0.2) is 4.39 Å². The SMILES string of the molecule is C=C1/C(=C\C=C2/CCC[C@@]3(C)C2CC[C@@H]3[C@@](C)(C/C=C/C(O)(C(F)(F)F)C(F)(F)F)CCCC(C)(C)O)C[C@@H](O)C[C@@H]1F. The Balaban J connectivity index is 1.93. The average Bonchev–Trinajstić information content (AvgIpc) is 3.21. The van der Waals surface area contributed by atoms with Crippen LogP contribution in [0.25, 0.3) is 0 Å². The maximum Gasteiger partial charge on any atom is 0.429 e. The third kappa shape index (κ3) is 7.78. The summed E-state index contributed by atoms with van der Waals surface area (Å²) in [5.41, 5.74) is -4.69. The van der Waals surface area contributed by atoms with Crippen LogP contribution in [0.5, 0.6) is 0 Å². The third-order valence-electron chi connectivity index (χ3n) is 10.4. The number of hydrogen-bond donors (Lipinski definition) is 3. The van der Waals surface area contributed by atoms with Gasteiger partial charge >= 0.3 is 12.4 Å². The molecule has 3 rings (SSSR count). The minimum absolute atomic E-state index is 0.0267. The first-order chi connectivity index (χ1) is 19.5. The van der Waals surface area contributed by atoms with Crippen LogP contribution in [0.3, 0.4) is 0 Å². The molecule has 0 aliphatic heterocycles. The zero-order valence-electron chi connectivity index (χ0n) is 25.6. The Labute approximate surface area is 250 Å². The number of aliphatic hydroxyl groups excluding tert-OH is 1. The summed E-state index contributed by atoms with van der Waals surface area (Å²) in [6.07, 6.45) is -3.71. The van der Waals surface area contributed by atoms with Crippen molar-refractivity contribution in [2.24, 2.45) is 22.7 Å². The normalized spacial score (nSPS) is 32.9. The smallest absolute Gasteiger partial charge is 0.393 e. The monoisotopic (exact) mass is 624 g/mol. The molecule has 3 fully saturated rings. The van der Waals surface area contributed by atoms with E-state index in [2.05, 4.69) is 13.5 Å². The van der Waals surface area contributed by atoms with Crippen molar-refractivity contribution in [3.63, 3.8) is 0 Å². The van der Waals surface area contributed by atoms with Crippen molar-refractivity contribution in [3.8, 4) is 0 Å². The van der Waals surface area contributed by atoms with Gasteiger partial charge < -0.3 is 15.3 Å². The van der Waals surface area contributed by atoms with Gasteiger partial charge in [-0.15, -0.1) is 0 Å². The van der Waals surface area contributed by atoms with E-state index in [1.807, 2.05) is 19.1 Å². The minimum Gasteiger partial charge on any atom is -0.393 e. The molecular weight excluding hydrogens is 577 g/mol. The summed E-state index contributed by atoms with van der Waals surface area (Å²) in [6.45, 7) is 11.2. The summed E-state index contributed by atoms with van der Waals surface area (Å²) >= 11 is 0. The molecule has 0 aromatic rings. The van der Waals surface area contributed by atoms with Crippen molar-refractivity contribution < 1.29 is 46.1 Å². The zero-order chi connectivity index (χ0) is 32.6. The first kappa shape index (κ1) is 35.8. The first-order valence-corrected chi connectivity index (χ1v) is 15.2. The number of hydrogen-bond acceptors (Lipinski definition) is 3. The van der Waals surface area contributed by atoms with Gasteiger partial charge in [-0.2, -0.15) is 26.3 Å². The lowest BCUT2D eigenvalue weighted by atomic mass is 9.55. The molecule has 0 aromatic heterocycles. The van der Waals surface area contributed by atoms with E-state index in [0.717, 1.165) is 38.2 Å². The van der Waals surface area contributed by atoms with Gasteiger partial charge in [-0.1, -0.05) is 50.6 Å². The number of halogens is 7. The van der Waals surface area contributed by atoms with Crippen molar-refractivity contribution in [1.82, 2.24) is 0 Å². The molecule has 0 bridgehead atoms. The van der Waals surface area contributed by atoms with E-state index >= 15 is 0 Å². The van der Waals surface area contributed by atoms with Gasteiger partial charge in [0.05, 0.1) is 11.7 Å². The molecule has 3 aliphatic rings. The highest BCUT2D eigenvalue weighted by atomic mass is 19.4. The van der Waals surface area contributed by atoms with E-state index in [9.17, 15) is 46.1 Å². The number of aliphatic hydroxyl groups is 3. The van der Waals surface area contributed by atoms with Crippen LogP contribution in [0.2, 0.25) is 0 Å². The zero-order valence-corrected chi connectivity index (χ0v) is 25.6. The van der Waals surface area contributed by atoms with Crippen molar-refractivity contribution in [1.29, 1.82) is 0 Å². The fourth-order valence-electron chi connectivity index (χ4n) is 8.01. The summed E-state index contributed by atoms with van der Waals surface area (Å²) in [5.74, 6) is 0.0882. The topological polar surface area (TPSA) is 60.7 Å². The van der Waals surface area contributed by atoms with Crippen LogP contribution in [0.1, 0.15) is 98.3 Å². The number of allylic oxidation sites excluding steroid dienone is 5. The van der Waals surface area contributed by atoms with Crippen LogP contribution in [-0.4, -0.2) is 51.1 Å². The van der Waals surface area contributed by atoms with Gasteiger partial charge in [0.15, 0.2) is 0 Å². The Morgan fingerprint density at radius 3 is 2.19 bits per heavy atom. The highest BCUT2D eigenvalue weighted by Crippen LogP contribution is 2.64. The first-order valence-electron chi connectivity index (χ1n) is 15.2. The molecule has 0 spiro atoms. The van der Waals surface area contributed by atoms with Gasteiger partial charge in [0, 0.05) is 6.42 Å². The Bertz CT molecular complexity index is 1080. The Kier molecular flexibility index (Phi) is 10.5. The molecule has 10 heteroatoms. The quantitative estimate of drug-likeness (QED) is 0.177. The largest absolute Gasteiger partial charge is 0.429 e. The molecule has 1 unspecified atom stereocenters. The molecule has 0 amide bonds. The van der Waals surface area contributed by atoms with Gasteiger partial charge in [0.2, 0.25) is 0 Å². The summed E-state index contributed by atoms with van der Waals surface area (Å²) in [4.78, 5) is 0. The second kappa shape index (κ2) is 12.6. The molecule has 0 radical (unpaired) electrons. The predicted molar refractivity (Wildman–Crippen MR) is 153 cm³/mol. The second-order valence-corrected chi connectivity index (χ2v) is 14.3. The molecule has 3 saturated carbocycles. The highest BCUT2D eigenvalue weighted by Gasteiger charge is 2.69. The van der Waals surface area contributed by atoms with Gasteiger partial charge in [-0.05, 0) is 112 Å². The van der Waals surface area contributed by atoms with Crippen LogP contribution < -0.4 is 0 Å². The Morgan fingerprint density at radius 2 is 1.60 bits per heavy atom. The molecule has 3 nitrogen and oxygen atoms in total. The van der Waals surface area contributed by atoms with E-state index < -0.39 is 41.2 Å². The standard InChI is InChI=1S/C33H47F7O3/c1-21-23(19-24(41)20-26(21)34)11-10-22-9-6-17-30(5)25(22)12-13-27(30)29(4,15-7-14-28(2,3)42)16-8-18-31(43,32(35,36)37)33(38,39)40/h8,10-11,18,24-27,41-43H,1,6-7,9,12-17,19-20H2,2-5H3/b18-8+,22-10+,23-11-/t24-,25?,26+,27-,29-,30+/m1/s1. The molecule has 0 aromatic carbocycles. The molecule has 0 heterocycles. The molecule has 0 saturated heterocycles. The maximum absolute atomic E-state index is 14.3. The van der Waals surface area contributed by atoms with Crippen molar-refractivity contribution in [3.05, 3.63) is 47.6 Å². The van der Waals surface area contributed by atoms with Crippen LogP contribution >= 0.6 is 0 Å². The number of fused-ring (bicyclic) bond motifs is 1. The summed E-state index contributed by atoms with van der Waals surface area (Å²) in [5, 5.41) is 30.0. The number of rotatable bonds is 9. The minimum atomic E-state index is -5.93. The van der Waals surface area contributed by atoms with Crippen LogP contribution in [0.4, 0.5) is 30.7 Å². The number of alkyl halides is 7. The van der Waals surface area contributed by atoms with Crippen LogP contribution in [0, 0.1) is 22.7 Å². The summed E-state index contributed by atoms with van der Waals surface area (Å²) in [6, 6.07) is 0. The maximum atomic E-state index is 14.3. The Morgan fingerprint density at radius 1 is 0.977 bits per heavy atom. The highest BCUT2D eigenvalue weighted by molar-refractivity contribution is 5.39. The van der Waals surface area contributed by atoms with Gasteiger partial charge in [-0.3, -0.25) is 0 Å². The predicted octanol–water partition coefficient (Wildman–Crippen LogP) is 8.85. The van der Waals surface area contributed by atoms with E-state index in [0.29, 0.717) is 36.8 Å². The lowest BCUT2D eigenvalue weighted by Gasteiger charge is -2.49. The van der Waals surface area contributed by atoms with E-state index in [-0.39, 0.29) is 36.2 Å².